The number of aryl methyl sites for hydroxylation is 1. The topological polar surface area (TPSA) is 60.7 Å². The molecule has 0 saturated heterocycles. The van der Waals surface area contributed by atoms with E-state index in [0.717, 1.165) is 5.56 Å². The lowest BCUT2D eigenvalue weighted by molar-refractivity contribution is 0.0947. The Hall–Kier alpha value is -2.43. The van der Waals surface area contributed by atoms with Crippen molar-refractivity contribution in [2.24, 2.45) is 0 Å². The Kier molecular flexibility index (Phi) is 4.30. The molecule has 106 valence electrons. The van der Waals surface area contributed by atoms with E-state index in [-0.39, 0.29) is 5.91 Å². The molecule has 20 heavy (non-hydrogen) atoms. The van der Waals surface area contributed by atoms with E-state index in [0.29, 0.717) is 29.4 Å². The van der Waals surface area contributed by atoms with Crippen LogP contribution in [0.15, 0.2) is 34.9 Å². The van der Waals surface area contributed by atoms with Crippen molar-refractivity contribution in [1.29, 1.82) is 0 Å². The molecule has 2 aromatic rings. The van der Waals surface area contributed by atoms with Crippen molar-refractivity contribution >= 4 is 5.91 Å². The Morgan fingerprint density at radius 3 is 2.55 bits per heavy atom. The van der Waals surface area contributed by atoms with Crippen LogP contribution >= 0.6 is 0 Å². The van der Waals surface area contributed by atoms with E-state index in [9.17, 15) is 4.79 Å². The van der Waals surface area contributed by atoms with Gasteiger partial charge in [-0.05, 0) is 36.8 Å². The zero-order chi connectivity index (χ0) is 14.5. The Labute approximate surface area is 117 Å². The standard InChI is InChI=1S/C15H17NO4/c1-10-7-13(18-2)14(19-3)8-12(10)15(17)16-9-11-5-4-6-20-11/h4-8H,9H2,1-3H3,(H,16,17). The Balaban J connectivity index is 2.16. The first-order valence-corrected chi connectivity index (χ1v) is 6.19. The number of nitrogens with one attached hydrogen (secondary N) is 1. The number of carbonyl (C=O) groups is 1. The van der Waals surface area contributed by atoms with Gasteiger partial charge < -0.3 is 19.2 Å². The van der Waals surface area contributed by atoms with Crippen LogP contribution in [0.2, 0.25) is 0 Å². The largest absolute Gasteiger partial charge is 0.493 e. The third kappa shape index (κ3) is 2.93. The van der Waals surface area contributed by atoms with Gasteiger partial charge in [-0.2, -0.15) is 0 Å². The van der Waals surface area contributed by atoms with Crippen LogP contribution in [0.5, 0.6) is 11.5 Å². The quantitative estimate of drug-likeness (QED) is 0.911. The van der Waals surface area contributed by atoms with Crippen molar-refractivity contribution in [2.45, 2.75) is 13.5 Å². The third-order valence-electron chi connectivity index (χ3n) is 2.98. The Bertz CT molecular complexity index is 590. The fraction of sp³-hybridized carbons (Fsp3) is 0.267. The van der Waals surface area contributed by atoms with Gasteiger partial charge in [-0.3, -0.25) is 4.79 Å². The average Bonchev–Trinajstić information content (AvgIpc) is 2.97. The number of ether oxygens (including phenoxy) is 2. The maximum absolute atomic E-state index is 12.2. The molecule has 0 unspecified atom stereocenters. The summed E-state index contributed by atoms with van der Waals surface area (Å²) in [6.07, 6.45) is 1.57. The minimum Gasteiger partial charge on any atom is -0.493 e. The van der Waals surface area contributed by atoms with Crippen LogP contribution in [0, 0.1) is 6.92 Å². The molecule has 0 spiro atoms. The zero-order valence-corrected chi connectivity index (χ0v) is 11.7. The van der Waals surface area contributed by atoms with E-state index in [4.69, 9.17) is 13.9 Å². The summed E-state index contributed by atoms with van der Waals surface area (Å²) >= 11 is 0. The maximum Gasteiger partial charge on any atom is 0.252 e. The van der Waals surface area contributed by atoms with Gasteiger partial charge in [-0.25, -0.2) is 0 Å². The number of hydrogen-bond donors (Lipinski definition) is 1. The van der Waals surface area contributed by atoms with Crippen LogP contribution < -0.4 is 14.8 Å². The first-order valence-electron chi connectivity index (χ1n) is 6.19. The molecule has 1 aromatic heterocycles. The molecule has 1 amide bonds. The fourth-order valence-corrected chi connectivity index (χ4v) is 1.90. The van der Waals surface area contributed by atoms with Crippen LogP contribution in [0.1, 0.15) is 21.7 Å². The molecule has 2 rings (SSSR count). The van der Waals surface area contributed by atoms with Crippen LogP contribution in [0.3, 0.4) is 0 Å². The molecule has 0 fully saturated rings. The highest BCUT2D eigenvalue weighted by Gasteiger charge is 2.14. The lowest BCUT2D eigenvalue weighted by atomic mass is 10.1. The molecule has 1 aromatic carbocycles. The smallest absolute Gasteiger partial charge is 0.252 e. The summed E-state index contributed by atoms with van der Waals surface area (Å²) in [7, 11) is 3.10. The summed E-state index contributed by atoms with van der Waals surface area (Å²) in [5, 5.41) is 2.80. The van der Waals surface area contributed by atoms with E-state index < -0.39 is 0 Å². The molecule has 0 aliphatic heterocycles. The number of amides is 1. The van der Waals surface area contributed by atoms with Gasteiger partial charge in [0.25, 0.3) is 5.91 Å². The number of furan rings is 1. The van der Waals surface area contributed by atoms with Crippen molar-refractivity contribution < 1.29 is 18.7 Å². The van der Waals surface area contributed by atoms with E-state index in [1.165, 1.54) is 7.11 Å². The highest BCUT2D eigenvalue weighted by atomic mass is 16.5. The van der Waals surface area contributed by atoms with Crippen LogP contribution in [0.25, 0.3) is 0 Å². The molecule has 0 aliphatic carbocycles. The van der Waals surface area contributed by atoms with Crippen molar-refractivity contribution in [3.05, 3.63) is 47.4 Å². The number of methoxy groups -OCH3 is 2. The second kappa shape index (κ2) is 6.14. The summed E-state index contributed by atoms with van der Waals surface area (Å²) < 4.78 is 15.6. The predicted molar refractivity (Wildman–Crippen MR) is 74.2 cm³/mol. The van der Waals surface area contributed by atoms with Crippen LogP contribution in [0.4, 0.5) is 0 Å². The van der Waals surface area contributed by atoms with Gasteiger partial charge in [0.1, 0.15) is 5.76 Å². The van der Waals surface area contributed by atoms with Gasteiger partial charge in [0.15, 0.2) is 11.5 Å². The second-order valence-electron chi connectivity index (χ2n) is 4.28. The van der Waals surface area contributed by atoms with Crippen LogP contribution in [-0.2, 0) is 6.54 Å². The minimum atomic E-state index is -0.181. The number of benzene rings is 1. The number of carbonyl (C=O) groups excluding carboxylic acids is 1. The lowest BCUT2D eigenvalue weighted by Crippen LogP contribution is -2.23. The normalized spacial score (nSPS) is 10.2. The highest BCUT2D eigenvalue weighted by molar-refractivity contribution is 5.96. The minimum absolute atomic E-state index is 0.181. The molecule has 0 aliphatic rings. The summed E-state index contributed by atoms with van der Waals surface area (Å²) in [6.45, 7) is 2.20. The summed E-state index contributed by atoms with van der Waals surface area (Å²) in [4.78, 5) is 12.2. The second-order valence-corrected chi connectivity index (χ2v) is 4.28. The fourth-order valence-electron chi connectivity index (χ4n) is 1.90. The SMILES string of the molecule is COc1cc(C)c(C(=O)NCc2ccco2)cc1OC. The summed E-state index contributed by atoms with van der Waals surface area (Å²) in [6, 6.07) is 7.04. The molecule has 0 atom stereocenters. The predicted octanol–water partition coefficient (Wildman–Crippen LogP) is 2.54. The number of rotatable bonds is 5. The van der Waals surface area contributed by atoms with Crippen molar-refractivity contribution in [3.8, 4) is 11.5 Å². The summed E-state index contributed by atoms with van der Waals surface area (Å²) in [5.41, 5.74) is 1.37. The van der Waals surface area contributed by atoms with Gasteiger partial charge in [0.05, 0.1) is 27.0 Å². The average molecular weight is 275 g/mol. The zero-order valence-electron chi connectivity index (χ0n) is 11.7. The van der Waals surface area contributed by atoms with Gasteiger partial charge in [-0.15, -0.1) is 0 Å². The molecule has 0 saturated carbocycles. The van der Waals surface area contributed by atoms with Crippen molar-refractivity contribution in [1.82, 2.24) is 5.32 Å². The molecular weight excluding hydrogens is 258 g/mol. The molecule has 1 N–H and O–H groups in total. The molecule has 1 heterocycles. The van der Waals surface area contributed by atoms with Crippen LogP contribution in [-0.4, -0.2) is 20.1 Å². The van der Waals surface area contributed by atoms with Crippen molar-refractivity contribution in [2.75, 3.05) is 14.2 Å². The van der Waals surface area contributed by atoms with Gasteiger partial charge in [-0.1, -0.05) is 0 Å². The maximum atomic E-state index is 12.2. The van der Waals surface area contributed by atoms with E-state index >= 15 is 0 Å². The Morgan fingerprint density at radius 1 is 1.25 bits per heavy atom. The molecular formula is C15H17NO4. The van der Waals surface area contributed by atoms with Gasteiger partial charge >= 0.3 is 0 Å². The molecule has 5 heteroatoms. The molecule has 5 nitrogen and oxygen atoms in total. The van der Waals surface area contributed by atoms with E-state index in [2.05, 4.69) is 5.32 Å². The van der Waals surface area contributed by atoms with E-state index in [1.54, 1.807) is 31.6 Å². The lowest BCUT2D eigenvalue weighted by Gasteiger charge is -2.12. The van der Waals surface area contributed by atoms with Gasteiger partial charge in [0, 0.05) is 5.56 Å². The van der Waals surface area contributed by atoms with Crippen molar-refractivity contribution in [3.63, 3.8) is 0 Å². The molecule has 0 radical (unpaired) electrons. The Morgan fingerprint density at radius 2 is 1.95 bits per heavy atom. The first-order chi connectivity index (χ1) is 9.65. The van der Waals surface area contributed by atoms with E-state index in [1.807, 2.05) is 13.0 Å². The molecule has 0 bridgehead atoms. The van der Waals surface area contributed by atoms with Gasteiger partial charge in [0.2, 0.25) is 0 Å². The third-order valence-corrected chi connectivity index (χ3v) is 2.98. The first kappa shape index (κ1) is 14.0. The number of hydrogen-bond acceptors (Lipinski definition) is 4. The highest BCUT2D eigenvalue weighted by Crippen LogP contribution is 2.30. The summed E-state index contributed by atoms with van der Waals surface area (Å²) in [5.74, 6) is 1.66. The monoisotopic (exact) mass is 275 g/mol.